The molecule has 0 saturated heterocycles. The number of carbonyl (C=O) groups is 2. The van der Waals surface area contributed by atoms with Crippen molar-refractivity contribution in [3.8, 4) is 0 Å². The second-order valence-corrected chi connectivity index (χ2v) is 3.20. The van der Waals surface area contributed by atoms with Gasteiger partial charge in [-0.3, -0.25) is 4.79 Å². The molecule has 0 heterocycles. The molecule has 0 aromatic heterocycles. The van der Waals surface area contributed by atoms with Crippen LogP contribution in [-0.4, -0.2) is 36.7 Å². The monoisotopic (exact) mass is 203 g/mol. The van der Waals surface area contributed by atoms with Crippen LogP contribution in [0.15, 0.2) is 0 Å². The van der Waals surface area contributed by atoms with E-state index in [1.54, 1.807) is 0 Å². The quantitative estimate of drug-likeness (QED) is 0.622. The van der Waals surface area contributed by atoms with Gasteiger partial charge in [0, 0.05) is 6.54 Å². The summed E-state index contributed by atoms with van der Waals surface area (Å²) in [5.74, 6) is -0.912. The lowest BCUT2D eigenvalue weighted by Crippen LogP contribution is -2.31. The van der Waals surface area contributed by atoms with Gasteiger partial charge in [-0.25, -0.2) is 4.79 Å². The summed E-state index contributed by atoms with van der Waals surface area (Å²) in [4.78, 5) is 21.1. The normalized spacial score (nSPS) is 12.1. The van der Waals surface area contributed by atoms with Gasteiger partial charge in [0.2, 0.25) is 5.91 Å². The highest BCUT2D eigenvalue weighted by atomic mass is 16.5. The van der Waals surface area contributed by atoms with Gasteiger partial charge in [-0.05, 0) is 5.92 Å². The number of rotatable bonds is 7. The smallest absolute Gasteiger partial charge is 0.329 e. The van der Waals surface area contributed by atoms with Crippen LogP contribution in [0.3, 0.4) is 0 Å². The van der Waals surface area contributed by atoms with Crippen LogP contribution in [0.2, 0.25) is 0 Å². The Bertz CT molecular complexity index is 193. The zero-order chi connectivity index (χ0) is 11.0. The molecule has 0 saturated carbocycles. The van der Waals surface area contributed by atoms with Crippen molar-refractivity contribution in [1.82, 2.24) is 5.32 Å². The van der Waals surface area contributed by atoms with Crippen molar-refractivity contribution in [2.75, 3.05) is 19.8 Å². The molecule has 0 aliphatic heterocycles. The first kappa shape index (κ1) is 12.9. The van der Waals surface area contributed by atoms with Crippen LogP contribution in [0.25, 0.3) is 0 Å². The van der Waals surface area contributed by atoms with Crippen LogP contribution in [0.5, 0.6) is 0 Å². The average Bonchev–Trinajstić information content (AvgIpc) is 2.13. The number of ether oxygens (including phenoxy) is 1. The maximum absolute atomic E-state index is 11.0. The van der Waals surface area contributed by atoms with E-state index in [2.05, 4.69) is 10.1 Å². The molecule has 5 nitrogen and oxygen atoms in total. The van der Waals surface area contributed by atoms with E-state index in [4.69, 9.17) is 5.11 Å². The number of hydrogen-bond donors (Lipinski definition) is 2. The topological polar surface area (TPSA) is 75.6 Å². The lowest BCUT2D eigenvalue weighted by atomic mass is 10.1. The number of carbonyl (C=O) groups excluding carboxylic acids is 1. The van der Waals surface area contributed by atoms with E-state index in [0.29, 0.717) is 12.5 Å². The Morgan fingerprint density at radius 3 is 2.57 bits per heavy atom. The molecule has 0 bridgehead atoms. The highest BCUT2D eigenvalue weighted by Crippen LogP contribution is 1.96. The van der Waals surface area contributed by atoms with Crippen molar-refractivity contribution in [3.63, 3.8) is 0 Å². The fourth-order valence-corrected chi connectivity index (χ4v) is 0.714. The zero-order valence-electron chi connectivity index (χ0n) is 8.58. The lowest BCUT2D eigenvalue weighted by Gasteiger charge is -2.09. The third kappa shape index (κ3) is 7.54. The highest BCUT2D eigenvalue weighted by molar-refractivity contribution is 5.77. The first-order valence-electron chi connectivity index (χ1n) is 4.62. The standard InChI is InChI=1S/C9H17NO4/c1-3-7(2)4-10-8(11)5-14-6-9(12)13/h7H,3-6H2,1-2H3,(H,10,11)(H,12,13). The summed E-state index contributed by atoms with van der Waals surface area (Å²) in [6.07, 6.45) is 0.996. The van der Waals surface area contributed by atoms with Gasteiger partial charge in [0.1, 0.15) is 13.2 Å². The van der Waals surface area contributed by atoms with Crippen LogP contribution in [-0.2, 0) is 14.3 Å². The van der Waals surface area contributed by atoms with E-state index in [-0.39, 0.29) is 12.5 Å². The van der Waals surface area contributed by atoms with Crippen LogP contribution >= 0.6 is 0 Å². The molecule has 2 N–H and O–H groups in total. The van der Waals surface area contributed by atoms with Crippen LogP contribution < -0.4 is 5.32 Å². The van der Waals surface area contributed by atoms with Gasteiger partial charge < -0.3 is 15.2 Å². The molecule has 0 rings (SSSR count). The molecule has 14 heavy (non-hydrogen) atoms. The number of carboxylic acid groups (broad SMARTS) is 1. The molecule has 5 heteroatoms. The molecule has 0 aromatic rings. The maximum atomic E-state index is 11.0. The number of carboxylic acids is 1. The van der Waals surface area contributed by atoms with Crippen LogP contribution in [0.4, 0.5) is 0 Å². The van der Waals surface area contributed by atoms with Crippen molar-refractivity contribution >= 4 is 11.9 Å². The molecule has 0 fully saturated rings. The highest BCUT2D eigenvalue weighted by Gasteiger charge is 2.05. The summed E-state index contributed by atoms with van der Waals surface area (Å²) in [5, 5.41) is 10.9. The number of aliphatic carboxylic acids is 1. The Hall–Kier alpha value is -1.10. The molecular weight excluding hydrogens is 186 g/mol. The molecule has 0 spiro atoms. The predicted octanol–water partition coefficient (Wildman–Crippen LogP) is 0.250. The Morgan fingerprint density at radius 1 is 1.43 bits per heavy atom. The molecule has 1 atom stereocenters. The number of nitrogens with one attached hydrogen (secondary N) is 1. The van der Waals surface area contributed by atoms with Crippen molar-refractivity contribution in [2.45, 2.75) is 20.3 Å². The Labute approximate surface area is 83.4 Å². The third-order valence-electron chi connectivity index (χ3n) is 1.80. The molecular formula is C9H17NO4. The summed E-state index contributed by atoms with van der Waals surface area (Å²) < 4.78 is 4.61. The third-order valence-corrected chi connectivity index (χ3v) is 1.80. The molecule has 0 aliphatic carbocycles. The first-order valence-corrected chi connectivity index (χ1v) is 4.62. The Morgan fingerprint density at radius 2 is 2.07 bits per heavy atom. The van der Waals surface area contributed by atoms with E-state index in [1.807, 2.05) is 13.8 Å². The van der Waals surface area contributed by atoms with Gasteiger partial charge in [-0.1, -0.05) is 20.3 Å². The minimum atomic E-state index is -1.07. The molecule has 0 aromatic carbocycles. The first-order chi connectivity index (χ1) is 6.56. The van der Waals surface area contributed by atoms with Crippen molar-refractivity contribution in [3.05, 3.63) is 0 Å². The summed E-state index contributed by atoms with van der Waals surface area (Å²) in [7, 11) is 0. The average molecular weight is 203 g/mol. The second-order valence-electron chi connectivity index (χ2n) is 3.20. The van der Waals surface area contributed by atoms with Crippen molar-refractivity contribution in [1.29, 1.82) is 0 Å². The largest absolute Gasteiger partial charge is 0.480 e. The summed E-state index contributed by atoms with van der Waals surface area (Å²) in [6, 6.07) is 0. The van der Waals surface area contributed by atoms with Crippen molar-refractivity contribution in [2.24, 2.45) is 5.92 Å². The minimum Gasteiger partial charge on any atom is -0.480 e. The summed E-state index contributed by atoms with van der Waals surface area (Å²) in [5.41, 5.74) is 0. The fourth-order valence-electron chi connectivity index (χ4n) is 0.714. The minimum absolute atomic E-state index is 0.192. The molecule has 0 radical (unpaired) electrons. The molecule has 0 aliphatic rings. The Balaban J connectivity index is 3.41. The van der Waals surface area contributed by atoms with Gasteiger partial charge in [0.25, 0.3) is 0 Å². The lowest BCUT2D eigenvalue weighted by molar-refractivity contribution is -0.143. The van der Waals surface area contributed by atoms with E-state index < -0.39 is 12.6 Å². The van der Waals surface area contributed by atoms with Crippen LogP contribution in [0, 0.1) is 5.92 Å². The van der Waals surface area contributed by atoms with Gasteiger partial charge >= 0.3 is 5.97 Å². The summed E-state index contributed by atoms with van der Waals surface area (Å²) in [6.45, 7) is 4.04. The van der Waals surface area contributed by atoms with E-state index in [0.717, 1.165) is 6.42 Å². The number of amides is 1. The van der Waals surface area contributed by atoms with Crippen LogP contribution in [0.1, 0.15) is 20.3 Å². The van der Waals surface area contributed by atoms with E-state index in [9.17, 15) is 9.59 Å². The van der Waals surface area contributed by atoms with Gasteiger partial charge in [0.15, 0.2) is 0 Å². The van der Waals surface area contributed by atoms with Gasteiger partial charge in [0.05, 0.1) is 0 Å². The van der Waals surface area contributed by atoms with E-state index >= 15 is 0 Å². The summed E-state index contributed by atoms with van der Waals surface area (Å²) >= 11 is 0. The zero-order valence-corrected chi connectivity index (χ0v) is 8.58. The fraction of sp³-hybridized carbons (Fsp3) is 0.778. The Kier molecular flexibility index (Phi) is 6.74. The van der Waals surface area contributed by atoms with Crippen molar-refractivity contribution < 1.29 is 19.4 Å². The second kappa shape index (κ2) is 7.32. The van der Waals surface area contributed by atoms with Gasteiger partial charge in [-0.15, -0.1) is 0 Å². The van der Waals surface area contributed by atoms with Gasteiger partial charge in [-0.2, -0.15) is 0 Å². The predicted molar refractivity (Wildman–Crippen MR) is 50.9 cm³/mol. The molecule has 82 valence electrons. The SMILES string of the molecule is CCC(C)CNC(=O)COCC(=O)O. The molecule has 1 amide bonds. The number of hydrogen-bond acceptors (Lipinski definition) is 3. The molecule has 1 unspecified atom stereocenters. The van der Waals surface area contributed by atoms with E-state index in [1.165, 1.54) is 0 Å². The maximum Gasteiger partial charge on any atom is 0.329 e.